The summed E-state index contributed by atoms with van der Waals surface area (Å²) in [5, 5.41) is 22.4. The summed E-state index contributed by atoms with van der Waals surface area (Å²) in [6.07, 6.45) is 10.4. The number of halogens is 1. The highest BCUT2D eigenvalue weighted by molar-refractivity contribution is 6.32. The van der Waals surface area contributed by atoms with Crippen molar-refractivity contribution in [3.63, 3.8) is 0 Å². The molecule has 1 N–H and O–H groups in total. The van der Waals surface area contributed by atoms with Crippen LogP contribution in [-0.2, 0) is 16.1 Å². The second kappa shape index (κ2) is 10.2. The zero-order valence-electron chi connectivity index (χ0n) is 19.2. The maximum Gasteiger partial charge on any atom is 0.191 e. The molecule has 0 radical (unpaired) electrons. The number of nitrogens with zero attached hydrogens (tertiary/aromatic N) is 1. The van der Waals surface area contributed by atoms with Crippen molar-refractivity contribution < 1.29 is 24.3 Å². The second-order valence-electron chi connectivity index (χ2n) is 8.33. The Bertz CT molecular complexity index is 1480. The molecule has 1 aliphatic heterocycles. The molecule has 6 heteroatoms. The molecule has 3 aromatic rings. The number of benzene rings is 2. The Morgan fingerprint density at radius 1 is 0.917 bits per heavy atom. The van der Waals surface area contributed by atoms with Crippen molar-refractivity contribution in [2.75, 3.05) is 6.61 Å². The molecular formula is C30H22ClNO4. The molecule has 178 valence electrons. The molecule has 1 aromatic heterocycles. The first-order valence-corrected chi connectivity index (χ1v) is 11.8. The van der Waals surface area contributed by atoms with Crippen molar-refractivity contribution in [3.05, 3.63) is 142 Å². The van der Waals surface area contributed by atoms with Gasteiger partial charge in [-0.05, 0) is 47.6 Å². The number of aliphatic hydroxyl groups excluding tert-OH is 1. The van der Waals surface area contributed by atoms with Crippen LogP contribution in [0.1, 0.15) is 16.7 Å². The van der Waals surface area contributed by atoms with Crippen molar-refractivity contribution in [2.45, 2.75) is 6.54 Å². The van der Waals surface area contributed by atoms with Gasteiger partial charge in [-0.2, -0.15) is 0 Å². The SMILES string of the molecule is O=C1C(=Cc2cc[n+](CCO)cc2)C([O-])=C1C=C1C=C(c2ccccc2)OC(c2ccccc2Cl)=C1. The number of rotatable bonds is 6. The molecule has 5 rings (SSSR count). The molecule has 2 heterocycles. The Labute approximate surface area is 213 Å². The zero-order valence-corrected chi connectivity index (χ0v) is 20.0. The van der Waals surface area contributed by atoms with Gasteiger partial charge in [-0.3, -0.25) is 4.79 Å². The van der Waals surface area contributed by atoms with Crippen molar-refractivity contribution >= 4 is 35.0 Å². The van der Waals surface area contributed by atoms with E-state index < -0.39 is 0 Å². The van der Waals surface area contributed by atoms with Crippen LogP contribution in [-0.4, -0.2) is 17.5 Å². The molecule has 0 fully saturated rings. The highest BCUT2D eigenvalue weighted by atomic mass is 35.5. The number of carbonyl (C=O) groups excluding carboxylic acids is 1. The van der Waals surface area contributed by atoms with Crippen LogP contribution in [0.3, 0.4) is 0 Å². The van der Waals surface area contributed by atoms with E-state index in [1.165, 1.54) is 0 Å². The largest absolute Gasteiger partial charge is 0.871 e. The molecule has 36 heavy (non-hydrogen) atoms. The molecular weight excluding hydrogens is 474 g/mol. The summed E-state index contributed by atoms with van der Waals surface area (Å²) in [5.74, 6) is 0.529. The monoisotopic (exact) mass is 495 g/mol. The van der Waals surface area contributed by atoms with Gasteiger partial charge in [0.05, 0.1) is 5.02 Å². The molecule has 0 saturated carbocycles. The number of aliphatic hydroxyl groups is 1. The van der Waals surface area contributed by atoms with Crippen LogP contribution in [0.5, 0.6) is 0 Å². The van der Waals surface area contributed by atoms with Crippen LogP contribution in [0.2, 0.25) is 5.02 Å². The number of aromatic nitrogens is 1. The van der Waals surface area contributed by atoms with Crippen molar-refractivity contribution in [2.24, 2.45) is 0 Å². The lowest BCUT2D eigenvalue weighted by Crippen LogP contribution is -2.34. The minimum Gasteiger partial charge on any atom is -0.871 e. The zero-order chi connectivity index (χ0) is 25.1. The number of ether oxygens (including phenoxy) is 1. The van der Waals surface area contributed by atoms with E-state index in [4.69, 9.17) is 21.4 Å². The first kappa shape index (κ1) is 23.5. The number of hydrogen-bond donors (Lipinski definition) is 1. The highest BCUT2D eigenvalue weighted by Crippen LogP contribution is 2.37. The molecule has 0 spiro atoms. The predicted octanol–water partition coefficient (Wildman–Crippen LogP) is 4.24. The van der Waals surface area contributed by atoms with E-state index >= 15 is 0 Å². The second-order valence-corrected chi connectivity index (χ2v) is 8.74. The average Bonchev–Trinajstić information content (AvgIpc) is 2.92. The van der Waals surface area contributed by atoms with Crippen LogP contribution >= 0.6 is 11.6 Å². The Kier molecular flexibility index (Phi) is 6.67. The van der Waals surface area contributed by atoms with E-state index in [0.717, 1.165) is 11.1 Å². The van der Waals surface area contributed by atoms with Gasteiger partial charge in [0.1, 0.15) is 18.1 Å². The van der Waals surface area contributed by atoms with Crippen LogP contribution < -0.4 is 9.67 Å². The quantitative estimate of drug-likeness (QED) is 0.410. The lowest BCUT2D eigenvalue weighted by Gasteiger charge is -2.29. The van der Waals surface area contributed by atoms with Crippen LogP contribution in [0.15, 0.2) is 120 Å². The van der Waals surface area contributed by atoms with Crippen molar-refractivity contribution in [1.82, 2.24) is 0 Å². The van der Waals surface area contributed by atoms with E-state index in [1.54, 1.807) is 48.8 Å². The Morgan fingerprint density at radius 3 is 2.31 bits per heavy atom. The van der Waals surface area contributed by atoms with E-state index in [-0.39, 0.29) is 29.3 Å². The van der Waals surface area contributed by atoms with Gasteiger partial charge < -0.3 is 14.9 Å². The Morgan fingerprint density at radius 2 is 1.61 bits per heavy atom. The first-order valence-electron chi connectivity index (χ1n) is 11.4. The first-order chi connectivity index (χ1) is 17.5. The predicted molar refractivity (Wildman–Crippen MR) is 137 cm³/mol. The number of allylic oxidation sites excluding steroid dienone is 6. The Hall–Kier alpha value is -4.19. The fourth-order valence-corrected chi connectivity index (χ4v) is 4.23. The molecule has 0 amide bonds. The van der Waals surface area contributed by atoms with Gasteiger partial charge in [-0.15, -0.1) is 0 Å². The molecule has 0 unspecified atom stereocenters. The third kappa shape index (κ3) is 4.80. The van der Waals surface area contributed by atoms with Crippen molar-refractivity contribution in [1.29, 1.82) is 0 Å². The summed E-state index contributed by atoms with van der Waals surface area (Å²) in [5.41, 5.74) is 3.26. The molecule has 2 aliphatic rings. The molecule has 0 bridgehead atoms. The molecule has 5 nitrogen and oxygen atoms in total. The van der Waals surface area contributed by atoms with Crippen LogP contribution in [0.25, 0.3) is 17.6 Å². The standard InChI is InChI=1S/C30H22ClNO4/c31-26-9-5-4-8-23(26)28-19-21(18-27(36-28)22-6-2-1-3-7-22)17-25-29(34)24(30(25)35)16-20-10-12-32(13-11-20)14-15-33/h1-13,16-19,33H,14-15H2. The summed E-state index contributed by atoms with van der Waals surface area (Å²) >= 11 is 6.42. The number of pyridine rings is 1. The molecule has 0 atom stereocenters. The van der Waals surface area contributed by atoms with Gasteiger partial charge in [-0.25, -0.2) is 4.57 Å². The number of ketones is 1. The maximum atomic E-state index is 12.9. The summed E-state index contributed by atoms with van der Waals surface area (Å²) < 4.78 is 7.99. The third-order valence-corrected chi connectivity index (χ3v) is 6.22. The highest BCUT2D eigenvalue weighted by Gasteiger charge is 2.26. The van der Waals surface area contributed by atoms with Gasteiger partial charge in [0.25, 0.3) is 0 Å². The van der Waals surface area contributed by atoms with Gasteiger partial charge in [0.15, 0.2) is 24.7 Å². The maximum absolute atomic E-state index is 12.9. The van der Waals surface area contributed by atoms with E-state index in [0.29, 0.717) is 34.2 Å². The van der Waals surface area contributed by atoms with Crippen LogP contribution in [0.4, 0.5) is 0 Å². The summed E-state index contributed by atoms with van der Waals surface area (Å²) in [4.78, 5) is 12.9. The fraction of sp³-hybridized carbons (Fsp3) is 0.0667. The van der Waals surface area contributed by atoms with Gasteiger partial charge in [-0.1, -0.05) is 59.8 Å². The molecule has 1 aliphatic carbocycles. The summed E-state index contributed by atoms with van der Waals surface area (Å²) in [7, 11) is 0. The van der Waals surface area contributed by atoms with E-state index in [2.05, 4.69) is 0 Å². The Balaban J connectivity index is 1.51. The minimum atomic E-state index is -0.298. The number of Topliss-reactive ketones (excluding diaryl/α,β-unsaturated/α-hetero) is 1. The summed E-state index contributed by atoms with van der Waals surface area (Å²) in [6.45, 7) is 0.513. The molecule has 0 saturated heterocycles. The van der Waals surface area contributed by atoms with Gasteiger partial charge >= 0.3 is 0 Å². The third-order valence-electron chi connectivity index (χ3n) is 5.89. The normalized spacial score (nSPS) is 17.6. The average molecular weight is 496 g/mol. The number of carbonyl (C=O) groups is 1. The minimum absolute atomic E-state index is 0.0349. The molecule has 2 aromatic carbocycles. The smallest absolute Gasteiger partial charge is 0.191 e. The lowest BCUT2D eigenvalue weighted by molar-refractivity contribution is -0.698. The number of hydrogen-bond acceptors (Lipinski definition) is 4. The van der Waals surface area contributed by atoms with Crippen molar-refractivity contribution in [3.8, 4) is 0 Å². The van der Waals surface area contributed by atoms with Gasteiger partial charge in [0.2, 0.25) is 0 Å². The summed E-state index contributed by atoms with van der Waals surface area (Å²) in [6, 6.07) is 20.5. The topological polar surface area (TPSA) is 73.5 Å². The lowest BCUT2D eigenvalue weighted by atomic mass is 9.85. The van der Waals surface area contributed by atoms with E-state index in [1.807, 2.05) is 59.2 Å². The van der Waals surface area contributed by atoms with Crippen LogP contribution in [0, 0.1) is 0 Å². The van der Waals surface area contributed by atoms with E-state index in [9.17, 15) is 9.90 Å². The van der Waals surface area contributed by atoms with Gasteiger partial charge in [0, 0.05) is 34.4 Å². The fourth-order valence-electron chi connectivity index (χ4n) is 4.00.